The molecule has 0 heterocycles. The van der Waals surface area contributed by atoms with Crippen molar-refractivity contribution in [1.82, 2.24) is 0 Å². The molecule has 10 heteroatoms. The monoisotopic (exact) mass is 1060 g/mol. The molecule has 0 aliphatic heterocycles. The van der Waals surface area contributed by atoms with E-state index in [1.165, 1.54) is 44.9 Å². The van der Waals surface area contributed by atoms with Gasteiger partial charge < -0.3 is 20.1 Å². The molecule has 0 radical (unpaired) electrons. The summed E-state index contributed by atoms with van der Waals surface area (Å²) >= 11 is 0. The first kappa shape index (κ1) is 70.6. The zero-order valence-electron chi connectivity index (χ0n) is 47.0. The standard InChI is InChI=1S/C65H104NO8P/c1-3-5-7-9-11-13-15-17-19-20-21-22-23-24-25-26-27-28-29-30-31-32-33-34-35-36-37-38-39-40-41-42-44-46-48-50-52-54-56-58-65(68)74-63(62-73-75(69,70)72-60-59-66)61-71-64(67)57-55-53-51-49-47-45-43-18-16-14-12-10-8-6-4-2/h5-8,11-14,17-19,21-22,24-25,27-28,30-31,33-34,36-37,43,47,49,63H,3-4,9-10,15-16,20,23,26,29,32,35,38-42,44-46,48,50-62,66H2,1-2H3,(H,69,70)/b7-5-,8-6-,13-11-,14-12-,19-17-,22-21-,25-24-,28-27-,31-30-,34-33-,37-36-,43-18-,49-47-. The van der Waals surface area contributed by atoms with Crippen LogP contribution >= 0.6 is 7.82 Å². The van der Waals surface area contributed by atoms with E-state index in [1.807, 2.05) is 0 Å². The number of esters is 2. The van der Waals surface area contributed by atoms with Crippen molar-refractivity contribution in [3.8, 4) is 0 Å². The highest BCUT2D eigenvalue weighted by molar-refractivity contribution is 7.47. The Labute approximate surface area is 458 Å². The zero-order chi connectivity index (χ0) is 54.5. The number of allylic oxidation sites excluding steroid dienone is 26. The lowest BCUT2D eigenvalue weighted by molar-refractivity contribution is -0.161. The highest BCUT2D eigenvalue weighted by Crippen LogP contribution is 2.43. The minimum absolute atomic E-state index is 0.0393. The summed E-state index contributed by atoms with van der Waals surface area (Å²) in [6.45, 7) is 3.43. The van der Waals surface area contributed by atoms with Gasteiger partial charge in [0.05, 0.1) is 13.2 Å². The van der Waals surface area contributed by atoms with Crippen molar-refractivity contribution in [2.75, 3.05) is 26.4 Å². The van der Waals surface area contributed by atoms with Crippen LogP contribution in [0.4, 0.5) is 0 Å². The molecular formula is C65H104NO8P. The third-order valence-corrected chi connectivity index (χ3v) is 12.4. The van der Waals surface area contributed by atoms with Gasteiger partial charge in [0.2, 0.25) is 0 Å². The van der Waals surface area contributed by atoms with Crippen LogP contribution in [0.2, 0.25) is 0 Å². The van der Waals surface area contributed by atoms with Crippen LogP contribution in [0.15, 0.2) is 158 Å². The summed E-state index contributed by atoms with van der Waals surface area (Å²) in [4.78, 5) is 35.1. The molecule has 0 fully saturated rings. The van der Waals surface area contributed by atoms with Gasteiger partial charge in [0.15, 0.2) is 6.10 Å². The summed E-state index contributed by atoms with van der Waals surface area (Å²) in [5, 5.41) is 0. The molecule has 0 aromatic heterocycles. The number of phosphoric acid groups is 1. The van der Waals surface area contributed by atoms with E-state index in [0.717, 1.165) is 122 Å². The molecule has 0 spiro atoms. The molecule has 0 bridgehead atoms. The summed E-state index contributed by atoms with van der Waals surface area (Å²) in [5.41, 5.74) is 5.37. The van der Waals surface area contributed by atoms with Crippen LogP contribution in [-0.2, 0) is 32.7 Å². The molecule has 0 rings (SSSR count). The molecule has 9 nitrogen and oxygen atoms in total. The summed E-state index contributed by atoms with van der Waals surface area (Å²) in [6, 6.07) is 0. The van der Waals surface area contributed by atoms with Gasteiger partial charge in [0.25, 0.3) is 0 Å². The van der Waals surface area contributed by atoms with Crippen molar-refractivity contribution in [3.05, 3.63) is 158 Å². The van der Waals surface area contributed by atoms with Crippen LogP contribution in [-0.4, -0.2) is 49.3 Å². The van der Waals surface area contributed by atoms with E-state index < -0.39 is 32.5 Å². The van der Waals surface area contributed by atoms with Gasteiger partial charge in [-0.1, -0.05) is 230 Å². The largest absolute Gasteiger partial charge is 0.472 e. The molecule has 75 heavy (non-hydrogen) atoms. The Balaban J connectivity index is 3.99. The molecule has 0 aliphatic rings. The van der Waals surface area contributed by atoms with Gasteiger partial charge in [-0.25, -0.2) is 4.57 Å². The Hall–Kier alpha value is -4.37. The van der Waals surface area contributed by atoms with Crippen LogP contribution < -0.4 is 5.73 Å². The summed E-state index contributed by atoms with van der Waals surface area (Å²) in [7, 11) is -4.41. The van der Waals surface area contributed by atoms with Crippen molar-refractivity contribution >= 4 is 19.8 Å². The summed E-state index contributed by atoms with van der Waals surface area (Å²) < 4.78 is 32.9. The molecule has 2 atom stereocenters. The first-order valence-electron chi connectivity index (χ1n) is 29.0. The predicted molar refractivity (Wildman–Crippen MR) is 320 cm³/mol. The van der Waals surface area contributed by atoms with E-state index in [4.69, 9.17) is 24.3 Å². The molecule has 0 aliphatic carbocycles. The number of rotatable bonds is 52. The molecule has 0 aromatic rings. The van der Waals surface area contributed by atoms with Gasteiger partial charge in [-0.2, -0.15) is 0 Å². The fourth-order valence-corrected chi connectivity index (χ4v) is 7.97. The van der Waals surface area contributed by atoms with Gasteiger partial charge >= 0.3 is 19.8 Å². The average Bonchev–Trinajstić information content (AvgIpc) is 3.40. The second-order valence-electron chi connectivity index (χ2n) is 18.4. The number of hydrogen-bond donors (Lipinski definition) is 2. The van der Waals surface area contributed by atoms with Crippen LogP contribution in [0, 0.1) is 0 Å². The summed E-state index contributed by atoms with van der Waals surface area (Å²) in [5.74, 6) is -0.892. The second-order valence-corrected chi connectivity index (χ2v) is 19.8. The number of nitrogens with two attached hydrogens (primary N) is 1. The first-order valence-corrected chi connectivity index (χ1v) is 30.5. The normalized spacial score (nSPS) is 14.2. The number of hydrogen-bond acceptors (Lipinski definition) is 8. The number of ether oxygens (including phenoxy) is 2. The lowest BCUT2D eigenvalue weighted by Crippen LogP contribution is -2.29. The molecule has 2 unspecified atom stereocenters. The maximum atomic E-state index is 12.7. The van der Waals surface area contributed by atoms with Crippen molar-refractivity contribution in [1.29, 1.82) is 0 Å². The van der Waals surface area contributed by atoms with Crippen molar-refractivity contribution in [3.63, 3.8) is 0 Å². The quantitative estimate of drug-likeness (QED) is 0.0264. The predicted octanol–water partition coefficient (Wildman–Crippen LogP) is 18.5. The van der Waals surface area contributed by atoms with E-state index in [9.17, 15) is 19.0 Å². The van der Waals surface area contributed by atoms with E-state index in [-0.39, 0.29) is 32.6 Å². The molecule has 422 valence electrons. The maximum absolute atomic E-state index is 12.7. The van der Waals surface area contributed by atoms with Gasteiger partial charge in [-0.05, 0) is 122 Å². The molecule has 3 N–H and O–H groups in total. The topological polar surface area (TPSA) is 134 Å². The molecule has 0 saturated heterocycles. The van der Waals surface area contributed by atoms with Crippen molar-refractivity contribution in [2.45, 2.75) is 213 Å². The number of unbranched alkanes of at least 4 members (excludes halogenated alkanes) is 13. The third kappa shape index (κ3) is 58.7. The Morgan fingerprint density at radius 2 is 0.693 bits per heavy atom. The van der Waals surface area contributed by atoms with E-state index in [1.54, 1.807) is 0 Å². The van der Waals surface area contributed by atoms with Crippen LogP contribution in [0.25, 0.3) is 0 Å². The third-order valence-electron chi connectivity index (χ3n) is 11.4. The minimum Gasteiger partial charge on any atom is -0.462 e. The van der Waals surface area contributed by atoms with Crippen LogP contribution in [0.1, 0.15) is 206 Å². The van der Waals surface area contributed by atoms with Gasteiger partial charge in [-0.15, -0.1) is 0 Å². The van der Waals surface area contributed by atoms with E-state index >= 15 is 0 Å². The first-order chi connectivity index (χ1) is 36.8. The molecule has 0 amide bonds. The van der Waals surface area contributed by atoms with Gasteiger partial charge in [-0.3, -0.25) is 18.6 Å². The second kappa shape index (κ2) is 58.9. The number of carbonyl (C=O) groups is 2. The van der Waals surface area contributed by atoms with Crippen LogP contribution in [0.3, 0.4) is 0 Å². The lowest BCUT2D eigenvalue weighted by atomic mass is 10.0. The average molecular weight is 1060 g/mol. The molecule has 0 aromatic carbocycles. The number of phosphoric ester groups is 1. The summed E-state index contributed by atoms with van der Waals surface area (Å²) in [6.07, 6.45) is 86.0. The Bertz CT molecular complexity index is 1780. The fraction of sp³-hybridized carbons (Fsp3) is 0.569. The van der Waals surface area contributed by atoms with E-state index in [0.29, 0.717) is 12.8 Å². The van der Waals surface area contributed by atoms with Gasteiger partial charge in [0, 0.05) is 19.4 Å². The SMILES string of the molecule is CC/C=C\C/C=C\C/C=C\C/C=C\C/C=C\C/C=C\C/C=C\C/C=C\C/C=C\CCCCCCCCCCCCCC(=O)OC(COC(=O)CCCC/C=C\C/C=C\C/C=C\C/C=C\CC)COP(=O)(O)OCCN. The fourth-order valence-electron chi connectivity index (χ4n) is 7.21. The van der Waals surface area contributed by atoms with Crippen molar-refractivity contribution in [2.24, 2.45) is 5.73 Å². The molecular weight excluding hydrogens is 954 g/mol. The smallest absolute Gasteiger partial charge is 0.462 e. The number of carbonyl (C=O) groups excluding carboxylic acids is 2. The highest BCUT2D eigenvalue weighted by atomic mass is 31.2. The zero-order valence-corrected chi connectivity index (χ0v) is 47.9. The van der Waals surface area contributed by atoms with Crippen LogP contribution in [0.5, 0.6) is 0 Å². The Morgan fingerprint density at radius 3 is 1.05 bits per heavy atom. The Morgan fingerprint density at radius 1 is 0.400 bits per heavy atom. The molecule has 0 saturated carbocycles. The van der Waals surface area contributed by atoms with E-state index in [2.05, 4.69) is 172 Å². The minimum atomic E-state index is -4.41. The lowest BCUT2D eigenvalue weighted by Gasteiger charge is -2.19. The van der Waals surface area contributed by atoms with Crippen molar-refractivity contribution < 1.29 is 37.6 Å². The maximum Gasteiger partial charge on any atom is 0.472 e. The Kier molecular flexibility index (Phi) is 55.5. The highest BCUT2D eigenvalue weighted by Gasteiger charge is 2.26. The van der Waals surface area contributed by atoms with Gasteiger partial charge in [0.1, 0.15) is 6.61 Å².